The molecule has 170 valence electrons. The molecule has 1 aliphatic heterocycles. The maximum absolute atomic E-state index is 12.4. The van der Waals surface area contributed by atoms with Crippen LogP contribution in [0.2, 0.25) is 18.1 Å². The molecular formula is C22H40N4O3Si. The van der Waals surface area contributed by atoms with E-state index in [0.717, 1.165) is 18.7 Å². The van der Waals surface area contributed by atoms with Crippen molar-refractivity contribution in [2.24, 2.45) is 5.92 Å². The maximum Gasteiger partial charge on any atom is 0.407 e. The van der Waals surface area contributed by atoms with Crippen LogP contribution >= 0.6 is 0 Å². The Morgan fingerprint density at radius 2 is 1.93 bits per heavy atom. The predicted molar refractivity (Wildman–Crippen MR) is 125 cm³/mol. The first-order valence-corrected chi connectivity index (χ1v) is 13.7. The van der Waals surface area contributed by atoms with Gasteiger partial charge < -0.3 is 25.1 Å². The number of aromatic nitrogens is 1. The third-order valence-corrected chi connectivity index (χ3v) is 10.4. The average molecular weight is 437 g/mol. The summed E-state index contributed by atoms with van der Waals surface area (Å²) in [5.41, 5.74) is 7.24. The highest BCUT2D eigenvalue weighted by Gasteiger charge is 2.39. The van der Waals surface area contributed by atoms with Crippen LogP contribution in [0.5, 0.6) is 0 Å². The van der Waals surface area contributed by atoms with Crippen LogP contribution in [0.15, 0.2) is 18.5 Å². The zero-order chi connectivity index (χ0) is 22.7. The SMILES string of the molecule is CC(C)(C)OC(=O)NC1CC(CO[Si](C)(C)C(C)(C)C)CN(c2ccncc2N)C1. The molecule has 1 fully saturated rings. The summed E-state index contributed by atoms with van der Waals surface area (Å²) in [7, 11) is -1.85. The number of alkyl carbamates (subject to hydrolysis) is 1. The largest absolute Gasteiger partial charge is 0.444 e. The Morgan fingerprint density at radius 3 is 2.50 bits per heavy atom. The lowest BCUT2D eigenvalue weighted by Crippen LogP contribution is -2.53. The number of hydrogen-bond acceptors (Lipinski definition) is 6. The molecule has 7 nitrogen and oxygen atoms in total. The fourth-order valence-corrected chi connectivity index (χ4v) is 4.42. The van der Waals surface area contributed by atoms with E-state index in [1.165, 1.54) is 0 Å². The van der Waals surface area contributed by atoms with E-state index >= 15 is 0 Å². The quantitative estimate of drug-likeness (QED) is 0.665. The normalized spacial score (nSPS) is 20.7. The summed E-state index contributed by atoms with van der Waals surface area (Å²) in [4.78, 5) is 18.7. The van der Waals surface area contributed by atoms with E-state index in [1.807, 2.05) is 26.8 Å². The van der Waals surface area contributed by atoms with Gasteiger partial charge in [0.25, 0.3) is 0 Å². The van der Waals surface area contributed by atoms with Gasteiger partial charge in [-0.2, -0.15) is 0 Å². The Balaban J connectivity index is 2.14. The van der Waals surface area contributed by atoms with Crippen molar-refractivity contribution < 1.29 is 14.0 Å². The van der Waals surface area contributed by atoms with Crippen molar-refractivity contribution >= 4 is 25.8 Å². The highest BCUT2D eigenvalue weighted by molar-refractivity contribution is 6.74. The summed E-state index contributed by atoms with van der Waals surface area (Å²) in [5, 5.41) is 3.21. The van der Waals surface area contributed by atoms with Gasteiger partial charge in [-0.05, 0) is 51.4 Å². The molecule has 0 aliphatic carbocycles. The summed E-state index contributed by atoms with van der Waals surface area (Å²) in [6.07, 6.45) is 3.87. The number of amides is 1. The van der Waals surface area contributed by atoms with Crippen LogP contribution in [0.3, 0.4) is 0 Å². The fraction of sp³-hybridized carbons (Fsp3) is 0.727. The lowest BCUT2D eigenvalue weighted by molar-refractivity contribution is 0.0488. The van der Waals surface area contributed by atoms with Crippen LogP contribution in [0.1, 0.15) is 48.0 Å². The molecule has 1 aromatic heterocycles. The number of nitrogens with one attached hydrogen (secondary N) is 1. The molecule has 1 saturated heterocycles. The molecule has 0 saturated carbocycles. The number of nitrogen functional groups attached to an aromatic ring is 1. The molecule has 2 unspecified atom stereocenters. The van der Waals surface area contributed by atoms with Crippen LogP contribution in [0.4, 0.5) is 16.2 Å². The highest BCUT2D eigenvalue weighted by atomic mass is 28.4. The van der Waals surface area contributed by atoms with Crippen molar-refractivity contribution in [2.75, 3.05) is 30.3 Å². The lowest BCUT2D eigenvalue weighted by atomic mass is 9.94. The monoisotopic (exact) mass is 436 g/mol. The van der Waals surface area contributed by atoms with E-state index in [9.17, 15) is 4.79 Å². The Hall–Kier alpha value is -1.80. The molecular weight excluding hydrogens is 396 g/mol. The number of nitrogens with two attached hydrogens (primary N) is 1. The molecule has 2 atom stereocenters. The second-order valence-corrected chi connectivity index (χ2v) is 15.7. The highest BCUT2D eigenvalue weighted by Crippen LogP contribution is 2.37. The van der Waals surface area contributed by atoms with E-state index in [2.05, 4.69) is 49.1 Å². The maximum atomic E-state index is 12.4. The summed E-state index contributed by atoms with van der Waals surface area (Å²) >= 11 is 0. The van der Waals surface area contributed by atoms with E-state index in [-0.39, 0.29) is 23.1 Å². The van der Waals surface area contributed by atoms with Crippen molar-refractivity contribution in [3.8, 4) is 0 Å². The Bertz CT molecular complexity index is 728. The molecule has 3 N–H and O–H groups in total. The van der Waals surface area contributed by atoms with Gasteiger partial charge in [0.15, 0.2) is 8.32 Å². The van der Waals surface area contributed by atoms with E-state index in [4.69, 9.17) is 14.9 Å². The van der Waals surface area contributed by atoms with Gasteiger partial charge in [0.05, 0.1) is 23.6 Å². The first-order chi connectivity index (χ1) is 13.7. The smallest absolute Gasteiger partial charge is 0.407 e. The van der Waals surface area contributed by atoms with Gasteiger partial charge in [0.2, 0.25) is 0 Å². The van der Waals surface area contributed by atoms with E-state index < -0.39 is 13.9 Å². The minimum Gasteiger partial charge on any atom is -0.444 e. The second-order valence-electron chi connectivity index (χ2n) is 10.9. The average Bonchev–Trinajstić information content (AvgIpc) is 2.57. The van der Waals surface area contributed by atoms with Gasteiger partial charge in [-0.15, -0.1) is 0 Å². The summed E-state index contributed by atoms with van der Waals surface area (Å²) in [6.45, 7) is 19.1. The topological polar surface area (TPSA) is 89.7 Å². The lowest BCUT2D eigenvalue weighted by Gasteiger charge is -2.42. The fourth-order valence-electron chi connectivity index (χ4n) is 3.33. The third kappa shape index (κ3) is 6.87. The minimum atomic E-state index is -1.85. The Labute approximate surface area is 182 Å². The van der Waals surface area contributed by atoms with Crippen LogP contribution in [-0.2, 0) is 9.16 Å². The molecule has 0 radical (unpaired) electrons. The van der Waals surface area contributed by atoms with Crippen LogP contribution in [-0.4, -0.2) is 50.7 Å². The first kappa shape index (κ1) is 24.5. The number of piperidine rings is 1. The van der Waals surface area contributed by atoms with Gasteiger partial charge in [0, 0.05) is 31.8 Å². The first-order valence-electron chi connectivity index (χ1n) is 10.8. The number of anilines is 2. The third-order valence-electron chi connectivity index (χ3n) is 5.91. The number of carbonyl (C=O) groups is 1. The number of nitrogens with zero attached hydrogens (tertiary/aromatic N) is 2. The zero-order valence-electron chi connectivity index (χ0n) is 19.9. The molecule has 2 rings (SSSR count). The van der Waals surface area contributed by atoms with E-state index in [0.29, 0.717) is 18.8 Å². The van der Waals surface area contributed by atoms with E-state index in [1.54, 1.807) is 12.4 Å². The molecule has 30 heavy (non-hydrogen) atoms. The molecule has 2 heterocycles. The number of carbonyl (C=O) groups excluding carboxylic acids is 1. The van der Waals surface area contributed by atoms with Gasteiger partial charge in [0.1, 0.15) is 5.60 Å². The van der Waals surface area contributed by atoms with Gasteiger partial charge in [-0.25, -0.2) is 4.79 Å². The number of rotatable bonds is 5. The predicted octanol–water partition coefficient (Wildman–Crippen LogP) is 4.41. The van der Waals surface area contributed by atoms with Crippen LogP contribution in [0, 0.1) is 5.92 Å². The minimum absolute atomic E-state index is 0.0471. The molecule has 1 amide bonds. The van der Waals surface area contributed by atoms with Gasteiger partial charge in [-0.3, -0.25) is 4.98 Å². The molecule has 1 aromatic rings. The Morgan fingerprint density at radius 1 is 1.27 bits per heavy atom. The molecule has 8 heteroatoms. The second kappa shape index (κ2) is 9.14. The summed E-state index contributed by atoms with van der Waals surface area (Å²) in [6, 6.07) is 1.88. The zero-order valence-corrected chi connectivity index (χ0v) is 20.9. The van der Waals surface area contributed by atoms with Crippen LogP contribution in [0.25, 0.3) is 0 Å². The summed E-state index contributed by atoms with van der Waals surface area (Å²) < 4.78 is 12.0. The van der Waals surface area contributed by atoms with Crippen molar-refractivity contribution in [3.05, 3.63) is 18.5 Å². The number of pyridine rings is 1. The van der Waals surface area contributed by atoms with Crippen molar-refractivity contribution in [1.29, 1.82) is 0 Å². The standard InChI is InChI=1S/C22H40N4O3Si/c1-21(2,3)29-20(27)25-17-11-16(15-28-30(7,8)22(4,5)6)13-26(14-17)19-9-10-24-12-18(19)23/h9-10,12,16-17H,11,13-15,23H2,1-8H3,(H,25,27). The van der Waals surface area contributed by atoms with Crippen molar-refractivity contribution in [3.63, 3.8) is 0 Å². The van der Waals surface area contributed by atoms with Crippen molar-refractivity contribution in [1.82, 2.24) is 10.3 Å². The molecule has 0 aromatic carbocycles. The van der Waals surface area contributed by atoms with Crippen molar-refractivity contribution in [2.45, 2.75) is 77.7 Å². The van der Waals surface area contributed by atoms with Gasteiger partial charge in [-0.1, -0.05) is 20.8 Å². The molecule has 0 bridgehead atoms. The van der Waals surface area contributed by atoms with Gasteiger partial charge >= 0.3 is 6.09 Å². The van der Waals surface area contributed by atoms with Crippen LogP contribution < -0.4 is 16.0 Å². The number of ether oxygens (including phenoxy) is 1. The summed E-state index contributed by atoms with van der Waals surface area (Å²) in [5.74, 6) is 0.278. The molecule has 0 spiro atoms. The Kier molecular flexibility index (Phi) is 7.45. The molecule has 1 aliphatic rings. The number of hydrogen-bond donors (Lipinski definition) is 2.